The average molecular weight is 746 g/mol. The number of rotatable bonds is 18. The van der Waals surface area contributed by atoms with Crippen LogP contribution in [0.5, 0.6) is 0 Å². The molecule has 300 valence electrons. The number of likely N-dealkylation sites (tertiary alicyclic amines) is 1. The highest BCUT2D eigenvalue weighted by atomic mass is 16.5. The first-order valence-corrected chi connectivity index (χ1v) is 19.4. The summed E-state index contributed by atoms with van der Waals surface area (Å²) in [7, 11) is 4.85. The van der Waals surface area contributed by atoms with Gasteiger partial charge >= 0.3 is 6.03 Å². The molecule has 2 heterocycles. The number of nitrogens with one attached hydrogen (secondary N) is 2. The summed E-state index contributed by atoms with van der Waals surface area (Å²) in [6.07, 6.45) is 1.30. The number of aliphatic hydroxyl groups excluding tert-OH is 1. The number of carbonyl (C=O) groups is 4. The SMILES string of the molecule is CC[C@H](C)[C@@H]([C@@H](CC(=O)N1CCC[C@H]1[C@H](OC)[C@@H](C)C(=O)N[C@H](CO)Cc1ccccc1)OC)N(C)C(=O)[C@@H](NC(=O)N1C[C@@H](C)O[C@@H](C)C1)C(C)C. The van der Waals surface area contributed by atoms with Gasteiger partial charge in [-0.2, -0.15) is 0 Å². The van der Waals surface area contributed by atoms with Crippen molar-refractivity contribution in [2.75, 3.05) is 47.5 Å². The van der Waals surface area contributed by atoms with Crippen LogP contribution in [0.15, 0.2) is 30.3 Å². The third kappa shape index (κ3) is 11.9. The van der Waals surface area contributed by atoms with Crippen molar-refractivity contribution in [3.63, 3.8) is 0 Å². The van der Waals surface area contributed by atoms with E-state index in [9.17, 15) is 24.3 Å². The van der Waals surface area contributed by atoms with Gasteiger partial charge in [-0.1, -0.05) is 71.4 Å². The predicted octanol–water partition coefficient (Wildman–Crippen LogP) is 3.47. The van der Waals surface area contributed by atoms with Gasteiger partial charge < -0.3 is 44.7 Å². The van der Waals surface area contributed by atoms with Gasteiger partial charge in [-0.05, 0) is 50.5 Å². The zero-order valence-electron chi connectivity index (χ0n) is 33.7. The van der Waals surface area contributed by atoms with Gasteiger partial charge in [0, 0.05) is 40.9 Å². The van der Waals surface area contributed by atoms with Crippen molar-refractivity contribution in [1.29, 1.82) is 0 Å². The van der Waals surface area contributed by atoms with Crippen molar-refractivity contribution in [3.05, 3.63) is 35.9 Å². The van der Waals surface area contributed by atoms with Crippen molar-refractivity contribution in [2.45, 2.75) is 129 Å². The first kappa shape index (κ1) is 44.1. The van der Waals surface area contributed by atoms with E-state index >= 15 is 0 Å². The van der Waals surface area contributed by atoms with Crippen molar-refractivity contribution >= 4 is 23.8 Å². The summed E-state index contributed by atoms with van der Waals surface area (Å²) in [5, 5.41) is 16.0. The molecule has 0 unspecified atom stereocenters. The molecule has 1 aromatic rings. The fourth-order valence-electron chi connectivity index (χ4n) is 8.00. The smallest absolute Gasteiger partial charge is 0.318 e. The van der Waals surface area contributed by atoms with E-state index in [1.807, 2.05) is 71.9 Å². The molecular weight excluding hydrogens is 678 g/mol. The minimum Gasteiger partial charge on any atom is -0.394 e. The lowest BCUT2D eigenvalue weighted by molar-refractivity contribution is -0.147. The van der Waals surface area contributed by atoms with Crippen LogP contribution < -0.4 is 10.6 Å². The van der Waals surface area contributed by atoms with Crippen LogP contribution in [0.2, 0.25) is 0 Å². The molecule has 0 saturated carbocycles. The fraction of sp³-hybridized carbons (Fsp3) is 0.750. The van der Waals surface area contributed by atoms with Gasteiger partial charge in [-0.3, -0.25) is 14.4 Å². The molecule has 13 heteroatoms. The summed E-state index contributed by atoms with van der Waals surface area (Å²) in [4.78, 5) is 60.4. The summed E-state index contributed by atoms with van der Waals surface area (Å²) in [5.41, 5.74) is 1.01. The number of nitrogens with zero attached hydrogens (tertiary/aromatic N) is 3. The molecule has 2 aliphatic heterocycles. The van der Waals surface area contributed by atoms with E-state index in [-0.39, 0.29) is 66.9 Å². The molecule has 2 saturated heterocycles. The Hall–Kier alpha value is -3.26. The molecular formula is C40H67N5O8. The van der Waals surface area contributed by atoms with E-state index in [1.54, 1.807) is 42.9 Å². The molecule has 3 rings (SSSR count). The highest BCUT2D eigenvalue weighted by Gasteiger charge is 2.43. The first-order chi connectivity index (χ1) is 25.2. The van der Waals surface area contributed by atoms with E-state index in [1.165, 1.54) is 0 Å². The zero-order valence-corrected chi connectivity index (χ0v) is 33.7. The highest BCUT2D eigenvalue weighted by Crippen LogP contribution is 2.30. The Morgan fingerprint density at radius 3 is 2.19 bits per heavy atom. The summed E-state index contributed by atoms with van der Waals surface area (Å²) in [5.74, 6) is -1.43. The Balaban J connectivity index is 1.74. The number of carbonyl (C=O) groups excluding carboxylic acids is 4. The molecule has 0 radical (unpaired) electrons. The van der Waals surface area contributed by atoms with E-state index in [0.29, 0.717) is 32.5 Å². The highest BCUT2D eigenvalue weighted by molar-refractivity contribution is 5.87. The van der Waals surface area contributed by atoms with Gasteiger partial charge in [0.1, 0.15) is 6.04 Å². The minimum absolute atomic E-state index is 0.0219. The van der Waals surface area contributed by atoms with Crippen molar-refractivity contribution < 1.29 is 38.5 Å². The van der Waals surface area contributed by atoms with Gasteiger partial charge in [-0.15, -0.1) is 0 Å². The van der Waals surface area contributed by atoms with Crippen molar-refractivity contribution in [3.8, 4) is 0 Å². The second kappa shape index (κ2) is 21.0. The zero-order chi connectivity index (χ0) is 39.4. The minimum atomic E-state index is -0.781. The third-order valence-electron chi connectivity index (χ3n) is 11.1. The Morgan fingerprint density at radius 2 is 1.64 bits per heavy atom. The standard InChI is InChI=1S/C40H67N5O8/c1-11-26(4)36(43(8)39(49)35(25(2)3)42-40(50)44-22-27(5)53-28(6)23-44)33(51-9)21-34(47)45-19-15-18-32(45)37(52-10)29(7)38(48)41-31(24-46)20-30-16-13-12-14-17-30/h12-14,16-17,25-29,31-33,35-37,46H,11,15,18-24H2,1-10H3,(H,41,48)(H,42,50)/t26-,27-,28+,29+,31-,32-,33+,35-,36-,37+/m0/s1. The molecule has 2 aliphatic rings. The summed E-state index contributed by atoms with van der Waals surface area (Å²) < 4.78 is 17.7. The van der Waals surface area contributed by atoms with Crippen LogP contribution in [0.4, 0.5) is 4.79 Å². The van der Waals surface area contributed by atoms with Crippen LogP contribution >= 0.6 is 0 Å². The number of hydrogen-bond acceptors (Lipinski definition) is 8. The topological polar surface area (TPSA) is 150 Å². The Morgan fingerprint density at radius 1 is 1.00 bits per heavy atom. The lowest BCUT2D eigenvalue weighted by atomic mass is 9.89. The normalized spacial score (nSPS) is 23.1. The monoisotopic (exact) mass is 745 g/mol. The lowest BCUT2D eigenvalue weighted by Crippen LogP contribution is -2.60. The number of aliphatic hydroxyl groups is 1. The molecule has 5 amide bonds. The number of methoxy groups -OCH3 is 2. The second-order valence-corrected chi connectivity index (χ2v) is 15.5. The third-order valence-corrected chi connectivity index (χ3v) is 11.1. The number of urea groups is 1. The maximum absolute atomic E-state index is 14.2. The molecule has 1 aromatic carbocycles. The van der Waals surface area contributed by atoms with E-state index in [2.05, 4.69) is 10.6 Å². The average Bonchev–Trinajstić information content (AvgIpc) is 3.62. The number of hydrogen-bond donors (Lipinski definition) is 3. The fourth-order valence-corrected chi connectivity index (χ4v) is 8.00. The van der Waals surface area contributed by atoms with Crippen LogP contribution in [0.1, 0.15) is 79.7 Å². The van der Waals surface area contributed by atoms with Crippen LogP contribution in [0.25, 0.3) is 0 Å². The van der Waals surface area contributed by atoms with E-state index in [0.717, 1.165) is 18.4 Å². The summed E-state index contributed by atoms with van der Waals surface area (Å²) >= 11 is 0. The Bertz CT molecular complexity index is 1310. The van der Waals surface area contributed by atoms with Crippen LogP contribution in [0, 0.1) is 17.8 Å². The number of morpholine rings is 1. The maximum atomic E-state index is 14.2. The number of benzene rings is 1. The number of likely N-dealkylation sites (N-methyl/N-ethyl adjacent to an activating group) is 1. The number of ether oxygens (including phenoxy) is 3. The molecule has 2 fully saturated rings. The maximum Gasteiger partial charge on any atom is 0.318 e. The molecule has 0 aromatic heterocycles. The summed E-state index contributed by atoms with van der Waals surface area (Å²) in [6.45, 7) is 14.7. The first-order valence-electron chi connectivity index (χ1n) is 19.4. The Labute approximate surface area is 317 Å². The van der Waals surface area contributed by atoms with E-state index in [4.69, 9.17) is 14.2 Å². The van der Waals surface area contributed by atoms with E-state index < -0.39 is 36.3 Å². The quantitative estimate of drug-likeness (QED) is 0.207. The molecule has 10 atom stereocenters. The predicted molar refractivity (Wildman–Crippen MR) is 204 cm³/mol. The molecule has 3 N–H and O–H groups in total. The summed E-state index contributed by atoms with van der Waals surface area (Å²) in [6, 6.07) is 7.36. The number of amides is 5. The second-order valence-electron chi connectivity index (χ2n) is 15.5. The van der Waals surface area contributed by atoms with Crippen LogP contribution in [-0.2, 0) is 35.0 Å². The van der Waals surface area contributed by atoms with Crippen molar-refractivity contribution in [1.82, 2.24) is 25.3 Å². The van der Waals surface area contributed by atoms with Gasteiger partial charge in [0.05, 0.1) is 61.5 Å². The molecule has 0 bridgehead atoms. The van der Waals surface area contributed by atoms with Gasteiger partial charge in [0.15, 0.2) is 0 Å². The molecule has 13 nitrogen and oxygen atoms in total. The molecule has 53 heavy (non-hydrogen) atoms. The van der Waals surface area contributed by atoms with Crippen LogP contribution in [0.3, 0.4) is 0 Å². The van der Waals surface area contributed by atoms with Crippen LogP contribution in [-0.4, -0.2) is 140 Å². The van der Waals surface area contributed by atoms with Gasteiger partial charge in [0.25, 0.3) is 0 Å². The molecule has 0 spiro atoms. The lowest BCUT2D eigenvalue weighted by Gasteiger charge is -2.41. The van der Waals surface area contributed by atoms with Gasteiger partial charge in [0.2, 0.25) is 17.7 Å². The van der Waals surface area contributed by atoms with Crippen molar-refractivity contribution in [2.24, 2.45) is 17.8 Å². The largest absolute Gasteiger partial charge is 0.394 e. The Kier molecular flexibility index (Phi) is 17.5. The van der Waals surface area contributed by atoms with Gasteiger partial charge in [-0.25, -0.2) is 4.79 Å². The molecule has 0 aliphatic carbocycles.